The molecule has 0 aliphatic heterocycles. The normalized spacial score (nSPS) is 11.0. The van der Waals surface area contributed by atoms with Crippen LogP contribution < -0.4 is 20.7 Å². The number of furan rings is 1. The molecule has 0 aliphatic carbocycles. The van der Waals surface area contributed by atoms with Gasteiger partial charge in [-0.25, -0.2) is 0 Å². The zero-order valence-corrected chi connectivity index (χ0v) is 16.2. The van der Waals surface area contributed by atoms with E-state index in [1.165, 1.54) is 31.8 Å². The maximum absolute atomic E-state index is 13.5. The maximum Gasteiger partial charge on any atom is 0.418 e. The predicted octanol–water partition coefficient (Wildman–Crippen LogP) is 4.61. The van der Waals surface area contributed by atoms with E-state index in [0.29, 0.717) is 11.4 Å². The molecule has 10 heteroatoms. The molecule has 1 aromatic heterocycles. The highest BCUT2D eigenvalue weighted by molar-refractivity contribution is 6.04. The summed E-state index contributed by atoms with van der Waals surface area (Å²) in [7, 11) is 1.47. The SMILES string of the molecule is COc1cccc(NC(=O)CNc2ccc(NC(=O)c3ccoc3)cc2C(F)(F)F)c1. The van der Waals surface area contributed by atoms with Gasteiger partial charge in [0, 0.05) is 23.1 Å². The van der Waals surface area contributed by atoms with Crippen LogP contribution in [0.4, 0.5) is 30.2 Å². The molecule has 0 radical (unpaired) electrons. The molecular formula is C21H18F3N3O4. The average molecular weight is 433 g/mol. The van der Waals surface area contributed by atoms with Crippen molar-refractivity contribution in [2.75, 3.05) is 29.6 Å². The number of amides is 2. The first-order chi connectivity index (χ1) is 14.8. The van der Waals surface area contributed by atoms with Gasteiger partial charge in [-0.2, -0.15) is 13.2 Å². The van der Waals surface area contributed by atoms with Crippen LogP contribution >= 0.6 is 0 Å². The number of ether oxygens (including phenoxy) is 1. The van der Waals surface area contributed by atoms with Crippen molar-refractivity contribution in [3.8, 4) is 5.75 Å². The van der Waals surface area contributed by atoms with Crippen LogP contribution in [0.2, 0.25) is 0 Å². The van der Waals surface area contributed by atoms with E-state index in [9.17, 15) is 22.8 Å². The van der Waals surface area contributed by atoms with Crippen LogP contribution in [0.25, 0.3) is 0 Å². The monoisotopic (exact) mass is 433 g/mol. The van der Waals surface area contributed by atoms with Crippen molar-refractivity contribution >= 4 is 28.9 Å². The van der Waals surface area contributed by atoms with Crippen molar-refractivity contribution < 1.29 is 31.9 Å². The third kappa shape index (κ3) is 5.78. The number of anilines is 3. The van der Waals surface area contributed by atoms with Crippen LogP contribution in [0, 0.1) is 0 Å². The van der Waals surface area contributed by atoms with E-state index in [4.69, 9.17) is 9.15 Å². The highest BCUT2D eigenvalue weighted by Crippen LogP contribution is 2.36. The molecule has 3 rings (SSSR count). The van der Waals surface area contributed by atoms with Crippen molar-refractivity contribution in [1.82, 2.24) is 0 Å². The second-order valence-electron chi connectivity index (χ2n) is 6.36. The Bertz CT molecular complexity index is 1070. The molecular weight excluding hydrogens is 415 g/mol. The molecule has 0 unspecified atom stereocenters. The fraction of sp³-hybridized carbons (Fsp3) is 0.143. The fourth-order valence-electron chi connectivity index (χ4n) is 2.69. The molecule has 3 N–H and O–H groups in total. The van der Waals surface area contributed by atoms with Gasteiger partial charge in [0.05, 0.1) is 31.0 Å². The van der Waals surface area contributed by atoms with E-state index in [2.05, 4.69) is 16.0 Å². The summed E-state index contributed by atoms with van der Waals surface area (Å²) >= 11 is 0. The van der Waals surface area contributed by atoms with Crippen molar-refractivity contribution in [2.45, 2.75) is 6.18 Å². The number of methoxy groups -OCH3 is 1. The number of halogens is 3. The Kier molecular flexibility index (Phi) is 6.49. The molecule has 1 heterocycles. The van der Waals surface area contributed by atoms with Crippen LogP contribution in [-0.4, -0.2) is 25.5 Å². The number of benzene rings is 2. The lowest BCUT2D eigenvalue weighted by Crippen LogP contribution is -2.23. The molecule has 0 spiro atoms. The highest BCUT2D eigenvalue weighted by Gasteiger charge is 2.34. The molecule has 162 valence electrons. The zero-order chi connectivity index (χ0) is 22.4. The Balaban J connectivity index is 1.69. The summed E-state index contributed by atoms with van der Waals surface area (Å²) in [5.74, 6) is -0.628. The quantitative estimate of drug-likeness (QED) is 0.506. The van der Waals surface area contributed by atoms with Crippen LogP contribution in [0.5, 0.6) is 5.75 Å². The minimum Gasteiger partial charge on any atom is -0.497 e. The summed E-state index contributed by atoms with van der Waals surface area (Å²) in [6, 6.07) is 11.2. The Morgan fingerprint density at radius 2 is 1.81 bits per heavy atom. The van der Waals surface area contributed by atoms with Gasteiger partial charge in [0.15, 0.2) is 0 Å². The summed E-state index contributed by atoms with van der Waals surface area (Å²) in [6.45, 7) is -0.402. The van der Waals surface area contributed by atoms with Gasteiger partial charge < -0.3 is 25.1 Å². The van der Waals surface area contributed by atoms with Gasteiger partial charge in [-0.3, -0.25) is 9.59 Å². The third-order valence-electron chi connectivity index (χ3n) is 4.16. The lowest BCUT2D eigenvalue weighted by molar-refractivity contribution is -0.137. The van der Waals surface area contributed by atoms with Gasteiger partial charge in [-0.05, 0) is 36.4 Å². The van der Waals surface area contributed by atoms with Crippen molar-refractivity contribution in [2.24, 2.45) is 0 Å². The molecule has 0 aliphatic rings. The van der Waals surface area contributed by atoms with Gasteiger partial charge in [0.25, 0.3) is 5.91 Å². The highest BCUT2D eigenvalue weighted by atomic mass is 19.4. The van der Waals surface area contributed by atoms with E-state index in [0.717, 1.165) is 12.1 Å². The first-order valence-corrected chi connectivity index (χ1v) is 8.99. The van der Waals surface area contributed by atoms with Crippen molar-refractivity contribution in [1.29, 1.82) is 0 Å². The van der Waals surface area contributed by atoms with Crippen LogP contribution in [0.15, 0.2) is 65.5 Å². The molecule has 0 saturated carbocycles. The molecule has 3 aromatic rings. The van der Waals surface area contributed by atoms with Crippen LogP contribution in [-0.2, 0) is 11.0 Å². The molecule has 7 nitrogen and oxygen atoms in total. The lowest BCUT2D eigenvalue weighted by atomic mass is 10.1. The van der Waals surface area contributed by atoms with Crippen LogP contribution in [0.1, 0.15) is 15.9 Å². The largest absolute Gasteiger partial charge is 0.497 e. The Hall–Kier alpha value is -3.95. The molecule has 0 fully saturated rings. The number of carbonyl (C=O) groups is 2. The first kappa shape index (κ1) is 21.8. The van der Waals surface area contributed by atoms with E-state index in [-0.39, 0.29) is 16.9 Å². The third-order valence-corrected chi connectivity index (χ3v) is 4.16. The lowest BCUT2D eigenvalue weighted by Gasteiger charge is -2.16. The molecule has 31 heavy (non-hydrogen) atoms. The standard InChI is InChI=1S/C21H18F3N3O4/c1-30-16-4-2-3-14(9-16)26-19(28)11-25-18-6-5-15(10-17(18)21(22,23)24)27-20(29)13-7-8-31-12-13/h2-10,12,25H,11H2,1H3,(H,26,28)(H,27,29). The predicted molar refractivity (Wildman–Crippen MR) is 108 cm³/mol. The van der Waals surface area contributed by atoms with Crippen molar-refractivity contribution in [3.63, 3.8) is 0 Å². The van der Waals surface area contributed by atoms with E-state index >= 15 is 0 Å². The zero-order valence-electron chi connectivity index (χ0n) is 16.2. The van der Waals surface area contributed by atoms with E-state index in [1.54, 1.807) is 24.3 Å². The second kappa shape index (κ2) is 9.24. The van der Waals surface area contributed by atoms with E-state index in [1.807, 2.05) is 0 Å². The Morgan fingerprint density at radius 1 is 1.03 bits per heavy atom. The summed E-state index contributed by atoms with van der Waals surface area (Å²) < 4.78 is 50.4. The van der Waals surface area contributed by atoms with Gasteiger partial charge >= 0.3 is 6.18 Å². The molecule has 2 amide bonds. The number of carbonyl (C=O) groups excluding carboxylic acids is 2. The Labute approximate surface area is 175 Å². The number of hydrogen-bond donors (Lipinski definition) is 3. The first-order valence-electron chi connectivity index (χ1n) is 8.99. The molecule has 0 saturated heterocycles. The van der Waals surface area contributed by atoms with Gasteiger partial charge in [-0.1, -0.05) is 6.07 Å². The number of alkyl halides is 3. The Morgan fingerprint density at radius 3 is 2.48 bits per heavy atom. The molecule has 0 atom stereocenters. The average Bonchev–Trinajstić information content (AvgIpc) is 3.27. The van der Waals surface area contributed by atoms with Crippen LogP contribution in [0.3, 0.4) is 0 Å². The number of hydrogen-bond acceptors (Lipinski definition) is 5. The minimum atomic E-state index is -4.71. The minimum absolute atomic E-state index is 0.0510. The molecule has 0 bridgehead atoms. The maximum atomic E-state index is 13.5. The van der Waals surface area contributed by atoms with Gasteiger partial charge in [-0.15, -0.1) is 0 Å². The fourth-order valence-corrected chi connectivity index (χ4v) is 2.69. The molecule has 2 aromatic carbocycles. The summed E-state index contributed by atoms with van der Waals surface area (Å²) in [5.41, 5.74) is -0.754. The van der Waals surface area contributed by atoms with Gasteiger partial charge in [0.2, 0.25) is 5.91 Å². The summed E-state index contributed by atoms with van der Waals surface area (Å²) in [5, 5.41) is 7.43. The number of nitrogens with one attached hydrogen (secondary N) is 3. The van der Waals surface area contributed by atoms with Crippen molar-refractivity contribution in [3.05, 3.63) is 72.2 Å². The smallest absolute Gasteiger partial charge is 0.418 e. The van der Waals surface area contributed by atoms with E-state index < -0.39 is 30.1 Å². The number of rotatable bonds is 7. The second-order valence-corrected chi connectivity index (χ2v) is 6.36. The summed E-state index contributed by atoms with van der Waals surface area (Å²) in [6.07, 6.45) is -2.25. The summed E-state index contributed by atoms with van der Waals surface area (Å²) in [4.78, 5) is 24.2. The van der Waals surface area contributed by atoms with Gasteiger partial charge in [0.1, 0.15) is 12.0 Å². The topological polar surface area (TPSA) is 92.6 Å².